The zero-order valence-corrected chi connectivity index (χ0v) is 22.5. The molecule has 1 aromatic heterocycles. The Morgan fingerprint density at radius 3 is 2.64 bits per heavy atom. The molecule has 3 aliphatic rings. The normalized spacial score (nSPS) is 25.9. The molecule has 3 atom stereocenters. The van der Waals surface area contributed by atoms with Gasteiger partial charge in [0.2, 0.25) is 5.95 Å². The molecular formula is C31H40N4O. The van der Waals surface area contributed by atoms with Crippen LogP contribution < -0.4 is 10.5 Å². The van der Waals surface area contributed by atoms with Gasteiger partial charge >= 0.3 is 0 Å². The minimum atomic E-state index is 0.297. The van der Waals surface area contributed by atoms with Crippen LogP contribution >= 0.6 is 0 Å². The summed E-state index contributed by atoms with van der Waals surface area (Å²) in [6.07, 6.45) is 12.4. The maximum Gasteiger partial charge on any atom is 0.219 e. The maximum atomic E-state index is 6.29. The van der Waals surface area contributed by atoms with Crippen LogP contribution in [0.15, 0.2) is 58.0 Å². The summed E-state index contributed by atoms with van der Waals surface area (Å²) in [6, 6.07) is 6.43. The summed E-state index contributed by atoms with van der Waals surface area (Å²) in [7, 11) is 0. The standard InChI is InChI=1S/C31H40N4O/c1-19-12-24-13-23(25-17-34-30(32)35-18-25)6-7-29(24)36-11-9-22(19)14-28-27-15-31(4,5)10-8-26(27)21(3)20(2)16-33-28/h6-7,13,16-20,22H,8-12,14-15H2,1-5H3,(H2,32,34,35). The fourth-order valence-electron chi connectivity index (χ4n) is 6.06. The Morgan fingerprint density at radius 2 is 1.86 bits per heavy atom. The highest BCUT2D eigenvalue weighted by Gasteiger charge is 2.33. The van der Waals surface area contributed by atoms with Crippen LogP contribution in [0.1, 0.15) is 72.3 Å². The van der Waals surface area contributed by atoms with Gasteiger partial charge in [0.25, 0.3) is 0 Å². The molecule has 3 unspecified atom stereocenters. The minimum absolute atomic E-state index is 0.297. The van der Waals surface area contributed by atoms with E-state index < -0.39 is 0 Å². The van der Waals surface area contributed by atoms with Crippen molar-refractivity contribution < 1.29 is 4.74 Å². The summed E-state index contributed by atoms with van der Waals surface area (Å²) >= 11 is 0. The smallest absolute Gasteiger partial charge is 0.219 e. The number of aliphatic imine (C=N–C) groups is 1. The molecule has 1 saturated carbocycles. The molecule has 1 aliphatic carbocycles. The van der Waals surface area contributed by atoms with Gasteiger partial charge in [0.1, 0.15) is 5.75 Å². The number of nitrogens with two attached hydrogens (primary N) is 1. The number of nitrogen functional groups attached to an aromatic ring is 1. The summed E-state index contributed by atoms with van der Waals surface area (Å²) in [5, 5.41) is 0. The lowest BCUT2D eigenvalue weighted by Gasteiger charge is -2.36. The number of rotatable bonds is 3. The number of aromatic nitrogens is 2. The van der Waals surface area contributed by atoms with Crippen LogP contribution in [0.3, 0.4) is 0 Å². The highest BCUT2D eigenvalue weighted by atomic mass is 16.5. The van der Waals surface area contributed by atoms with Crippen molar-refractivity contribution in [2.24, 2.45) is 28.2 Å². The number of benzene rings is 1. The Balaban J connectivity index is 1.42. The monoisotopic (exact) mass is 484 g/mol. The van der Waals surface area contributed by atoms with Gasteiger partial charge in [-0.05, 0) is 97.1 Å². The molecule has 5 heteroatoms. The van der Waals surface area contributed by atoms with E-state index >= 15 is 0 Å². The fourth-order valence-corrected chi connectivity index (χ4v) is 6.06. The molecule has 1 aromatic carbocycles. The molecule has 0 radical (unpaired) electrons. The average Bonchev–Trinajstić information content (AvgIpc) is 2.94. The Bertz CT molecular complexity index is 1220. The van der Waals surface area contributed by atoms with Crippen molar-refractivity contribution in [3.63, 3.8) is 0 Å². The highest BCUT2D eigenvalue weighted by Crippen LogP contribution is 2.47. The van der Waals surface area contributed by atoms with Gasteiger partial charge in [0.15, 0.2) is 0 Å². The molecule has 2 aliphatic heterocycles. The van der Waals surface area contributed by atoms with Crippen molar-refractivity contribution in [3.8, 4) is 16.9 Å². The maximum absolute atomic E-state index is 6.29. The Kier molecular flexibility index (Phi) is 6.76. The molecule has 0 spiro atoms. The molecular weight excluding hydrogens is 444 g/mol. The van der Waals surface area contributed by atoms with Crippen LogP contribution in [-0.4, -0.2) is 22.8 Å². The molecule has 0 bridgehead atoms. The first kappa shape index (κ1) is 24.7. The second-order valence-corrected chi connectivity index (χ2v) is 11.9. The van der Waals surface area contributed by atoms with Gasteiger partial charge in [0.05, 0.1) is 6.61 Å². The number of hydrogen-bond donors (Lipinski definition) is 1. The first-order chi connectivity index (χ1) is 17.2. The summed E-state index contributed by atoms with van der Waals surface area (Å²) in [6.45, 7) is 12.6. The van der Waals surface area contributed by atoms with E-state index in [0.717, 1.165) is 49.2 Å². The molecule has 5 nitrogen and oxygen atoms in total. The number of nitrogens with zero attached hydrogens (tertiary/aromatic N) is 3. The fraction of sp³-hybridized carbons (Fsp3) is 0.516. The molecule has 3 heterocycles. The summed E-state index contributed by atoms with van der Waals surface area (Å²) in [5.41, 5.74) is 15.3. The zero-order valence-electron chi connectivity index (χ0n) is 22.5. The Labute approximate surface area is 216 Å². The average molecular weight is 485 g/mol. The van der Waals surface area contributed by atoms with E-state index in [1.54, 1.807) is 18.0 Å². The van der Waals surface area contributed by atoms with Gasteiger partial charge in [-0.3, -0.25) is 4.99 Å². The summed E-state index contributed by atoms with van der Waals surface area (Å²) in [4.78, 5) is 13.5. The number of hydrogen-bond acceptors (Lipinski definition) is 5. The van der Waals surface area contributed by atoms with Crippen molar-refractivity contribution >= 4 is 12.2 Å². The van der Waals surface area contributed by atoms with E-state index in [4.69, 9.17) is 15.5 Å². The third kappa shape index (κ3) is 5.11. The number of allylic oxidation sites excluding steroid dienone is 4. The van der Waals surface area contributed by atoms with Crippen LogP contribution in [0.25, 0.3) is 11.1 Å². The van der Waals surface area contributed by atoms with E-state index in [1.807, 2.05) is 0 Å². The predicted octanol–water partition coefficient (Wildman–Crippen LogP) is 7.19. The van der Waals surface area contributed by atoms with Crippen molar-refractivity contribution in [1.29, 1.82) is 0 Å². The minimum Gasteiger partial charge on any atom is -0.493 e. The van der Waals surface area contributed by atoms with Crippen LogP contribution in [0.5, 0.6) is 5.75 Å². The summed E-state index contributed by atoms with van der Waals surface area (Å²) in [5.74, 6) is 2.76. The van der Waals surface area contributed by atoms with E-state index in [-0.39, 0.29) is 0 Å². The first-order valence-corrected chi connectivity index (χ1v) is 13.5. The second kappa shape index (κ2) is 9.84. The molecule has 5 rings (SSSR count). The Morgan fingerprint density at radius 1 is 1.08 bits per heavy atom. The van der Waals surface area contributed by atoms with Crippen LogP contribution in [0.2, 0.25) is 0 Å². The lowest BCUT2D eigenvalue weighted by Crippen LogP contribution is -2.23. The van der Waals surface area contributed by atoms with E-state index in [2.05, 4.69) is 69.0 Å². The zero-order chi connectivity index (χ0) is 25.4. The van der Waals surface area contributed by atoms with E-state index in [9.17, 15) is 0 Å². The van der Waals surface area contributed by atoms with Gasteiger partial charge in [-0.2, -0.15) is 0 Å². The van der Waals surface area contributed by atoms with Crippen LogP contribution in [0, 0.1) is 23.2 Å². The van der Waals surface area contributed by atoms with E-state index in [1.165, 1.54) is 35.2 Å². The molecule has 2 N–H and O–H groups in total. The van der Waals surface area contributed by atoms with Crippen molar-refractivity contribution in [2.45, 2.75) is 73.1 Å². The van der Waals surface area contributed by atoms with Crippen molar-refractivity contribution in [2.75, 3.05) is 12.3 Å². The third-order valence-electron chi connectivity index (χ3n) is 8.65. The van der Waals surface area contributed by atoms with Gasteiger partial charge in [-0.15, -0.1) is 0 Å². The SMILES string of the molecule is CC1=C2CCC(C)(C)CC2=C(CC2CCOc3ccc(-c4cnc(N)nc4)cc3CC2C)N=CC1C. The first-order valence-electron chi connectivity index (χ1n) is 13.5. The van der Waals surface area contributed by atoms with Crippen molar-refractivity contribution in [1.82, 2.24) is 9.97 Å². The van der Waals surface area contributed by atoms with Gasteiger partial charge < -0.3 is 10.5 Å². The quantitative estimate of drug-likeness (QED) is 0.500. The Hall–Kier alpha value is -2.95. The van der Waals surface area contributed by atoms with Crippen LogP contribution in [-0.2, 0) is 6.42 Å². The van der Waals surface area contributed by atoms with Gasteiger partial charge in [-0.1, -0.05) is 39.3 Å². The van der Waals surface area contributed by atoms with Gasteiger partial charge in [0, 0.05) is 35.8 Å². The van der Waals surface area contributed by atoms with Crippen LogP contribution in [0.4, 0.5) is 5.95 Å². The molecule has 1 fully saturated rings. The summed E-state index contributed by atoms with van der Waals surface area (Å²) < 4.78 is 6.29. The molecule has 190 valence electrons. The van der Waals surface area contributed by atoms with E-state index in [0.29, 0.717) is 29.1 Å². The third-order valence-corrected chi connectivity index (χ3v) is 8.65. The van der Waals surface area contributed by atoms with Crippen molar-refractivity contribution in [3.05, 3.63) is 58.6 Å². The lowest BCUT2D eigenvalue weighted by atomic mass is 9.70. The molecule has 2 aromatic rings. The lowest BCUT2D eigenvalue weighted by molar-refractivity contribution is 0.220. The molecule has 0 saturated heterocycles. The molecule has 36 heavy (non-hydrogen) atoms. The number of ether oxygens (including phenoxy) is 1. The predicted molar refractivity (Wildman–Crippen MR) is 148 cm³/mol. The number of fused-ring (bicyclic) bond motifs is 2. The van der Waals surface area contributed by atoms with Gasteiger partial charge in [-0.25, -0.2) is 9.97 Å². The topological polar surface area (TPSA) is 73.4 Å². The highest BCUT2D eigenvalue weighted by molar-refractivity contribution is 5.69. The molecule has 0 amide bonds. The number of anilines is 1. The second-order valence-electron chi connectivity index (χ2n) is 11.9. The largest absolute Gasteiger partial charge is 0.493 e.